The lowest BCUT2D eigenvalue weighted by Gasteiger charge is -2.40. The van der Waals surface area contributed by atoms with E-state index >= 15 is 0 Å². The van der Waals surface area contributed by atoms with Gasteiger partial charge < -0.3 is 10.4 Å². The summed E-state index contributed by atoms with van der Waals surface area (Å²) in [6.45, 7) is 4.43. The normalized spacial score (nSPS) is 16.3. The Balaban J connectivity index is 1.97. The van der Waals surface area contributed by atoms with Crippen molar-refractivity contribution in [3.8, 4) is 0 Å². The Kier molecular flexibility index (Phi) is 4.12. The van der Waals surface area contributed by atoms with Crippen LogP contribution in [0.2, 0.25) is 0 Å². The lowest BCUT2D eigenvalue weighted by molar-refractivity contribution is -0.141. The summed E-state index contributed by atoms with van der Waals surface area (Å²) in [5.41, 5.74) is 2.64. The van der Waals surface area contributed by atoms with Crippen molar-refractivity contribution in [2.75, 3.05) is 6.54 Å². The van der Waals surface area contributed by atoms with Crippen LogP contribution in [0.1, 0.15) is 47.2 Å². The van der Waals surface area contributed by atoms with Gasteiger partial charge in [-0.3, -0.25) is 9.59 Å². The number of carboxylic acids is 1. The number of aliphatic carboxylic acids is 1. The molecule has 1 aliphatic carbocycles. The molecule has 0 spiro atoms. The molecule has 0 unspecified atom stereocenters. The van der Waals surface area contributed by atoms with Crippen molar-refractivity contribution >= 4 is 11.9 Å². The van der Waals surface area contributed by atoms with Crippen LogP contribution >= 0.6 is 0 Å². The average molecular weight is 275 g/mol. The van der Waals surface area contributed by atoms with E-state index in [-0.39, 0.29) is 17.7 Å². The van der Waals surface area contributed by atoms with Crippen molar-refractivity contribution in [3.05, 3.63) is 34.9 Å². The van der Waals surface area contributed by atoms with E-state index < -0.39 is 5.97 Å². The number of nitrogens with one attached hydrogen (secondary N) is 1. The smallest absolute Gasteiger partial charge is 0.303 e. The topological polar surface area (TPSA) is 66.4 Å². The van der Waals surface area contributed by atoms with Crippen LogP contribution in [-0.4, -0.2) is 23.5 Å². The van der Waals surface area contributed by atoms with E-state index in [1.54, 1.807) is 0 Å². The van der Waals surface area contributed by atoms with Gasteiger partial charge in [-0.1, -0.05) is 12.5 Å². The summed E-state index contributed by atoms with van der Waals surface area (Å²) in [6.07, 6.45) is 2.95. The Morgan fingerprint density at radius 2 is 1.95 bits per heavy atom. The van der Waals surface area contributed by atoms with Gasteiger partial charge in [0.2, 0.25) is 0 Å². The maximum Gasteiger partial charge on any atom is 0.303 e. The molecule has 1 amide bonds. The minimum Gasteiger partial charge on any atom is -0.481 e. The van der Waals surface area contributed by atoms with Crippen molar-refractivity contribution < 1.29 is 14.7 Å². The number of hydrogen-bond acceptors (Lipinski definition) is 2. The minimum atomic E-state index is -0.787. The molecular formula is C16H21NO3. The van der Waals surface area contributed by atoms with Crippen molar-refractivity contribution in [1.29, 1.82) is 0 Å². The standard InChI is InChI=1S/C16H21NO3/c1-11-4-5-13(8-12(11)2)15(20)17-10-16(6-3-7-16)9-14(18)19/h4-5,8H,3,6-7,9-10H2,1-2H3,(H,17,20)(H,18,19). The summed E-state index contributed by atoms with van der Waals surface area (Å²) in [6, 6.07) is 5.61. The Morgan fingerprint density at radius 1 is 1.25 bits per heavy atom. The van der Waals surface area contributed by atoms with E-state index in [9.17, 15) is 9.59 Å². The molecule has 4 heteroatoms. The van der Waals surface area contributed by atoms with Crippen molar-refractivity contribution in [1.82, 2.24) is 5.32 Å². The number of amides is 1. The summed E-state index contributed by atoms with van der Waals surface area (Å²) >= 11 is 0. The highest BCUT2D eigenvalue weighted by Gasteiger charge is 2.39. The summed E-state index contributed by atoms with van der Waals surface area (Å²) < 4.78 is 0. The molecule has 0 saturated heterocycles. The van der Waals surface area contributed by atoms with Gasteiger partial charge in [0.1, 0.15) is 0 Å². The number of rotatable bonds is 5. The Bertz CT molecular complexity index is 533. The van der Waals surface area contributed by atoms with Gasteiger partial charge in [-0.25, -0.2) is 0 Å². The molecule has 4 nitrogen and oxygen atoms in total. The second-order valence-electron chi connectivity index (χ2n) is 5.91. The predicted molar refractivity (Wildman–Crippen MR) is 76.8 cm³/mol. The van der Waals surface area contributed by atoms with Gasteiger partial charge in [0.15, 0.2) is 0 Å². The third-order valence-electron chi connectivity index (χ3n) is 4.33. The van der Waals surface area contributed by atoms with Gasteiger partial charge >= 0.3 is 5.97 Å². The van der Waals surface area contributed by atoms with Crippen LogP contribution in [0, 0.1) is 19.3 Å². The molecule has 0 heterocycles. The zero-order chi connectivity index (χ0) is 14.8. The third-order valence-corrected chi connectivity index (χ3v) is 4.33. The number of carbonyl (C=O) groups is 2. The molecule has 1 aromatic carbocycles. The molecule has 0 aromatic heterocycles. The number of carboxylic acid groups (broad SMARTS) is 1. The maximum absolute atomic E-state index is 12.1. The van der Waals surface area contributed by atoms with Gasteiger partial charge in [0.05, 0.1) is 6.42 Å². The van der Waals surface area contributed by atoms with Crippen molar-refractivity contribution in [2.24, 2.45) is 5.41 Å². The summed E-state index contributed by atoms with van der Waals surface area (Å²) in [4.78, 5) is 23.0. The van der Waals surface area contributed by atoms with Crippen LogP contribution in [0.25, 0.3) is 0 Å². The average Bonchev–Trinajstić information content (AvgIpc) is 2.35. The van der Waals surface area contributed by atoms with E-state index in [4.69, 9.17) is 5.11 Å². The Hall–Kier alpha value is -1.84. The molecule has 2 N–H and O–H groups in total. The number of hydrogen-bond donors (Lipinski definition) is 2. The van der Waals surface area contributed by atoms with Crippen LogP contribution in [0.5, 0.6) is 0 Å². The van der Waals surface area contributed by atoms with Crippen LogP contribution in [0.3, 0.4) is 0 Å². The molecule has 108 valence electrons. The van der Waals surface area contributed by atoms with Crippen LogP contribution < -0.4 is 5.32 Å². The molecule has 1 fully saturated rings. The molecule has 20 heavy (non-hydrogen) atoms. The summed E-state index contributed by atoms with van der Waals surface area (Å²) in [5, 5.41) is 11.8. The number of benzene rings is 1. The number of aryl methyl sites for hydroxylation is 2. The van der Waals surface area contributed by atoms with Crippen LogP contribution in [-0.2, 0) is 4.79 Å². The first-order valence-electron chi connectivity index (χ1n) is 6.99. The van der Waals surface area contributed by atoms with Gasteiger partial charge in [-0.15, -0.1) is 0 Å². The highest BCUT2D eigenvalue weighted by atomic mass is 16.4. The monoisotopic (exact) mass is 275 g/mol. The molecule has 2 rings (SSSR count). The highest BCUT2D eigenvalue weighted by Crippen LogP contribution is 2.43. The fraction of sp³-hybridized carbons (Fsp3) is 0.500. The van der Waals surface area contributed by atoms with Crippen LogP contribution in [0.4, 0.5) is 0 Å². The molecule has 0 atom stereocenters. The van der Waals surface area contributed by atoms with Gasteiger partial charge in [-0.2, -0.15) is 0 Å². The molecular weight excluding hydrogens is 254 g/mol. The third kappa shape index (κ3) is 3.18. The van der Waals surface area contributed by atoms with Crippen molar-refractivity contribution in [2.45, 2.75) is 39.5 Å². The van der Waals surface area contributed by atoms with Crippen LogP contribution in [0.15, 0.2) is 18.2 Å². The van der Waals surface area contributed by atoms with E-state index in [0.29, 0.717) is 12.1 Å². The van der Waals surface area contributed by atoms with Gasteiger partial charge in [0.25, 0.3) is 5.91 Å². The zero-order valence-electron chi connectivity index (χ0n) is 12.0. The fourth-order valence-electron chi connectivity index (χ4n) is 2.67. The highest BCUT2D eigenvalue weighted by molar-refractivity contribution is 5.94. The lowest BCUT2D eigenvalue weighted by Crippen LogP contribution is -2.43. The molecule has 0 bridgehead atoms. The summed E-state index contributed by atoms with van der Waals surface area (Å²) in [7, 11) is 0. The first-order chi connectivity index (χ1) is 9.42. The quantitative estimate of drug-likeness (QED) is 0.868. The molecule has 0 aliphatic heterocycles. The first-order valence-corrected chi connectivity index (χ1v) is 6.99. The Morgan fingerprint density at radius 3 is 2.45 bits per heavy atom. The lowest BCUT2D eigenvalue weighted by atomic mass is 9.66. The minimum absolute atomic E-state index is 0.121. The molecule has 1 saturated carbocycles. The maximum atomic E-state index is 12.1. The second kappa shape index (κ2) is 5.65. The molecule has 1 aromatic rings. The molecule has 1 aliphatic rings. The largest absolute Gasteiger partial charge is 0.481 e. The number of carbonyl (C=O) groups excluding carboxylic acids is 1. The second-order valence-corrected chi connectivity index (χ2v) is 5.91. The van der Waals surface area contributed by atoms with E-state index in [1.807, 2.05) is 32.0 Å². The van der Waals surface area contributed by atoms with E-state index in [2.05, 4.69) is 5.32 Å². The van der Waals surface area contributed by atoms with Gasteiger partial charge in [0, 0.05) is 12.1 Å². The van der Waals surface area contributed by atoms with E-state index in [1.165, 1.54) is 0 Å². The summed E-state index contributed by atoms with van der Waals surface area (Å²) in [5.74, 6) is -0.908. The molecule has 0 radical (unpaired) electrons. The SMILES string of the molecule is Cc1ccc(C(=O)NCC2(CC(=O)O)CCC2)cc1C. The predicted octanol–water partition coefficient (Wildman–Crippen LogP) is 2.68. The fourth-order valence-corrected chi connectivity index (χ4v) is 2.67. The van der Waals surface area contributed by atoms with Crippen molar-refractivity contribution in [3.63, 3.8) is 0 Å². The first kappa shape index (κ1) is 14.6. The van der Waals surface area contributed by atoms with E-state index in [0.717, 1.165) is 30.4 Å². The Labute approximate surface area is 119 Å². The van der Waals surface area contributed by atoms with Gasteiger partial charge in [-0.05, 0) is 55.4 Å². The zero-order valence-corrected chi connectivity index (χ0v) is 12.0.